The van der Waals surface area contributed by atoms with Crippen molar-refractivity contribution in [3.05, 3.63) is 113 Å². The smallest absolute Gasteiger partial charge is 0.246 e. The Kier molecular flexibility index (Phi) is 14.5. The van der Waals surface area contributed by atoms with Crippen molar-refractivity contribution in [1.29, 1.82) is 0 Å². The van der Waals surface area contributed by atoms with Crippen LogP contribution in [-0.2, 0) is 30.5 Å². The van der Waals surface area contributed by atoms with Crippen LogP contribution in [0.25, 0.3) is 10.4 Å². The third-order valence-electron chi connectivity index (χ3n) is 10.9. The third kappa shape index (κ3) is 11.0. The van der Waals surface area contributed by atoms with Crippen LogP contribution < -0.4 is 10.6 Å². The summed E-state index contributed by atoms with van der Waals surface area (Å²) >= 11 is 1.58. The molecule has 0 bridgehead atoms. The van der Waals surface area contributed by atoms with Gasteiger partial charge in [0.25, 0.3) is 0 Å². The molecule has 3 N–H and O–H groups in total. The Morgan fingerprint density at radius 3 is 2.09 bits per heavy atom. The van der Waals surface area contributed by atoms with E-state index < -0.39 is 29.5 Å². The van der Waals surface area contributed by atoms with E-state index in [0.29, 0.717) is 13.1 Å². The predicted octanol–water partition coefficient (Wildman–Crippen LogP) is 4.96. The summed E-state index contributed by atoms with van der Waals surface area (Å²) in [5.41, 5.74) is 6.51. The van der Waals surface area contributed by atoms with E-state index in [1.165, 1.54) is 16.0 Å². The van der Waals surface area contributed by atoms with E-state index in [1.54, 1.807) is 11.3 Å². The SMILES string of the molecule is Cc1ncsc1-c1ccc(CNC(=O)[C@@H]2CC(O)CN2C(=O)C(NC(=O)CCOCCC(=O)N2CCN(C(c3ccccc3)c3ccccc3)CC2)C(C)(C)C)cc1. The molecule has 2 saturated heterocycles. The van der Waals surface area contributed by atoms with Crippen molar-refractivity contribution >= 4 is 35.0 Å². The van der Waals surface area contributed by atoms with Gasteiger partial charge in [-0.05, 0) is 34.6 Å². The van der Waals surface area contributed by atoms with Gasteiger partial charge in [-0.1, -0.05) is 106 Å². The number of piperazine rings is 1. The maximum Gasteiger partial charge on any atom is 0.246 e. The van der Waals surface area contributed by atoms with E-state index in [9.17, 15) is 24.3 Å². The number of β-amino-alcohol motifs (C(OH)–C–C–N with tert-alkyl or cyclic N) is 1. The number of thiazole rings is 1. The van der Waals surface area contributed by atoms with Crippen LogP contribution in [-0.4, -0.2) is 113 Å². The molecule has 2 aliphatic rings. The number of aliphatic hydroxyl groups is 1. The number of hydrogen-bond acceptors (Lipinski definition) is 9. The number of aromatic nitrogens is 1. The van der Waals surface area contributed by atoms with Crippen LogP contribution in [0.15, 0.2) is 90.4 Å². The lowest BCUT2D eigenvalue weighted by atomic mass is 9.85. The third-order valence-corrected chi connectivity index (χ3v) is 11.9. The summed E-state index contributed by atoms with van der Waals surface area (Å²) < 4.78 is 5.72. The van der Waals surface area contributed by atoms with Gasteiger partial charge in [0.15, 0.2) is 0 Å². The highest BCUT2D eigenvalue weighted by Crippen LogP contribution is 2.31. The minimum atomic E-state index is -0.938. The van der Waals surface area contributed by atoms with Crippen molar-refractivity contribution < 1.29 is 29.0 Å². The Morgan fingerprint density at radius 1 is 0.879 bits per heavy atom. The first kappa shape index (κ1) is 42.7. The number of rotatable bonds is 15. The number of aryl methyl sites for hydroxylation is 1. The average Bonchev–Trinajstić information content (AvgIpc) is 3.84. The molecular formula is C45H56N6O6S. The number of carbonyl (C=O) groups excluding carboxylic acids is 4. The molecule has 4 aromatic rings. The first-order chi connectivity index (χ1) is 27.9. The van der Waals surface area contributed by atoms with E-state index in [0.717, 1.165) is 34.8 Å². The summed E-state index contributed by atoms with van der Waals surface area (Å²) in [6.07, 6.45) is -0.542. The number of hydrogen-bond donors (Lipinski definition) is 3. The first-order valence-corrected chi connectivity index (χ1v) is 21.0. The molecule has 6 rings (SSSR count). The number of likely N-dealkylation sites (tertiary alicyclic amines) is 1. The lowest BCUT2D eigenvalue weighted by molar-refractivity contribution is -0.144. The minimum Gasteiger partial charge on any atom is -0.391 e. The number of carbonyl (C=O) groups is 4. The fraction of sp³-hybridized carbons (Fsp3) is 0.444. The van der Waals surface area contributed by atoms with Crippen LogP contribution in [0.3, 0.4) is 0 Å². The van der Waals surface area contributed by atoms with Crippen LogP contribution >= 0.6 is 11.3 Å². The maximum atomic E-state index is 14.0. The molecule has 12 nitrogen and oxygen atoms in total. The normalized spacial score (nSPS) is 18.0. The zero-order chi connectivity index (χ0) is 41.2. The zero-order valence-electron chi connectivity index (χ0n) is 33.9. The Morgan fingerprint density at radius 2 is 1.50 bits per heavy atom. The summed E-state index contributed by atoms with van der Waals surface area (Å²) in [5.74, 6) is -1.14. The standard InChI is InChI=1S/C45H56N6O6S/c1-31-41(58-30-47-31)35-17-15-32(16-18-35)28-46-43(55)37-27-36(52)29-51(37)44(56)42(45(2,3)4)48-38(53)19-25-57-26-20-39(54)49-21-23-50(24-22-49)40(33-11-7-5-8-12-33)34-13-9-6-10-14-34/h5-18,30,36-37,40,42,52H,19-29H2,1-4H3,(H,46,55)(H,48,53)/t36?,37-,42?/m0/s1. The van der Waals surface area contributed by atoms with Gasteiger partial charge in [-0.2, -0.15) is 0 Å². The molecule has 3 atom stereocenters. The van der Waals surface area contributed by atoms with Crippen LogP contribution in [0.1, 0.15) is 68.5 Å². The maximum absolute atomic E-state index is 14.0. The highest BCUT2D eigenvalue weighted by molar-refractivity contribution is 7.13. The van der Waals surface area contributed by atoms with E-state index in [4.69, 9.17) is 4.74 Å². The molecule has 2 aliphatic heterocycles. The molecule has 0 saturated carbocycles. The second-order valence-corrected chi connectivity index (χ2v) is 17.1. The molecule has 58 heavy (non-hydrogen) atoms. The topological polar surface area (TPSA) is 144 Å². The van der Waals surface area contributed by atoms with E-state index in [-0.39, 0.29) is 69.3 Å². The highest BCUT2D eigenvalue weighted by Gasteiger charge is 2.44. The first-order valence-electron chi connectivity index (χ1n) is 20.1. The summed E-state index contributed by atoms with van der Waals surface area (Å²) in [6, 6.07) is 27.1. The molecule has 308 valence electrons. The van der Waals surface area contributed by atoms with Crippen molar-refractivity contribution in [2.75, 3.05) is 45.9 Å². The van der Waals surface area contributed by atoms with E-state index in [2.05, 4.69) is 69.0 Å². The summed E-state index contributed by atoms with van der Waals surface area (Å²) in [7, 11) is 0. The molecule has 13 heteroatoms. The number of amides is 4. The van der Waals surface area contributed by atoms with E-state index in [1.807, 2.05) is 74.5 Å². The fourth-order valence-corrected chi connectivity index (χ4v) is 8.52. The molecule has 2 unspecified atom stereocenters. The number of nitrogens with zero attached hydrogens (tertiary/aromatic N) is 4. The van der Waals surface area contributed by atoms with Gasteiger partial charge in [0, 0.05) is 52.1 Å². The number of aliphatic hydroxyl groups excluding tert-OH is 1. The van der Waals surface area contributed by atoms with Gasteiger partial charge in [0.05, 0.1) is 47.9 Å². The highest BCUT2D eigenvalue weighted by atomic mass is 32.1. The summed E-state index contributed by atoms with van der Waals surface area (Å²) in [4.78, 5) is 64.7. The Labute approximate surface area is 345 Å². The van der Waals surface area contributed by atoms with Gasteiger partial charge < -0.3 is 30.3 Å². The van der Waals surface area contributed by atoms with E-state index >= 15 is 0 Å². The van der Waals surface area contributed by atoms with Crippen molar-refractivity contribution in [3.63, 3.8) is 0 Å². The largest absolute Gasteiger partial charge is 0.391 e. The lowest BCUT2D eigenvalue weighted by Gasteiger charge is -2.39. The molecule has 3 aromatic carbocycles. The molecule has 0 spiro atoms. The molecule has 1 aromatic heterocycles. The van der Waals surface area contributed by atoms with Gasteiger partial charge >= 0.3 is 0 Å². The quantitative estimate of drug-likeness (QED) is 0.143. The Hall–Kier alpha value is -4.95. The van der Waals surface area contributed by atoms with Gasteiger partial charge in [-0.3, -0.25) is 24.1 Å². The van der Waals surface area contributed by atoms with Gasteiger partial charge in [-0.15, -0.1) is 11.3 Å². The molecule has 0 radical (unpaired) electrons. The van der Waals surface area contributed by atoms with Crippen LogP contribution in [0, 0.1) is 12.3 Å². The van der Waals surface area contributed by atoms with Crippen molar-refractivity contribution in [1.82, 2.24) is 30.3 Å². The molecular weight excluding hydrogens is 753 g/mol. The van der Waals surface area contributed by atoms with Crippen molar-refractivity contribution in [2.45, 2.75) is 77.7 Å². The monoisotopic (exact) mass is 808 g/mol. The summed E-state index contributed by atoms with van der Waals surface area (Å²) in [5, 5.41) is 16.4. The second-order valence-electron chi connectivity index (χ2n) is 16.2. The summed E-state index contributed by atoms with van der Waals surface area (Å²) in [6.45, 7) is 10.8. The average molecular weight is 809 g/mol. The Balaban J connectivity index is 0.935. The van der Waals surface area contributed by atoms with Gasteiger partial charge in [-0.25, -0.2) is 4.98 Å². The van der Waals surface area contributed by atoms with Crippen LogP contribution in [0.4, 0.5) is 0 Å². The fourth-order valence-electron chi connectivity index (χ4n) is 7.71. The second kappa shape index (κ2) is 19.7. The Bertz CT molecular complexity index is 1940. The zero-order valence-corrected chi connectivity index (χ0v) is 34.7. The van der Waals surface area contributed by atoms with Crippen LogP contribution in [0.2, 0.25) is 0 Å². The van der Waals surface area contributed by atoms with Crippen molar-refractivity contribution in [2.24, 2.45) is 5.41 Å². The van der Waals surface area contributed by atoms with Crippen LogP contribution in [0.5, 0.6) is 0 Å². The van der Waals surface area contributed by atoms with Gasteiger partial charge in [0.2, 0.25) is 23.6 Å². The molecule has 0 aliphatic carbocycles. The molecule has 4 amide bonds. The van der Waals surface area contributed by atoms with Crippen molar-refractivity contribution in [3.8, 4) is 10.4 Å². The lowest BCUT2D eigenvalue weighted by Crippen LogP contribution is -2.57. The molecule has 2 fully saturated rings. The number of benzene rings is 3. The number of ether oxygens (including phenoxy) is 1. The number of nitrogens with one attached hydrogen (secondary N) is 2. The minimum absolute atomic E-state index is 0.000972. The predicted molar refractivity (Wildman–Crippen MR) is 225 cm³/mol. The van der Waals surface area contributed by atoms with Gasteiger partial charge in [0.1, 0.15) is 12.1 Å². The molecule has 3 heterocycles.